The first kappa shape index (κ1) is 21.6. The van der Waals surface area contributed by atoms with Gasteiger partial charge >= 0.3 is 0 Å². The number of likely N-dealkylation sites (N-methyl/N-ethyl adjacent to an activating group) is 1. The van der Waals surface area contributed by atoms with E-state index in [1.165, 1.54) is 33.9 Å². The summed E-state index contributed by atoms with van der Waals surface area (Å²) in [5, 5.41) is 3.05. The number of carbonyl (C=O) groups excluding carboxylic acids is 1. The van der Waals surface area contributed by atoms with Crippen LogP contribution in [-0.4, -0.2) is 61.7 Å². The Morgan fingerprint density at radius 2 is 1.84 bits per heavy atom. The van der Waals surface area contributed by atoms with Gasteiger partial charge in [-0.1, -0.05) is 23.5 Å². The molecule has 4 rings (SSSR count). The highest BCUT2D eigenvalue weighted by Gasteiger charge is 2.27. The van der Waals surface area contributed by atoms with Crippen molar-refractivity contribution in [1.82, 2.24) is 14.2 Å². The van der Waals surface area contributed by atoms with Crippen LogP contribution >= 0.6 is 11.3 Å². The highest BCUT2D eigenvalue weighted by molar-refractivity contribution is 7.89. The molecule has 0 radical (unpaired) electrons. The Morgan fingerprint density at radius 1 is 1.13 bits per heavy atom. The molecule has 1 fully saturated rings. The Bertz CT molecular complexity index is 1230. The van der Waals surface area contributed by atoms with Gasteiger partial charge in [0.25, 0.3) is 0 Å². The smallest absolute Gasteiger partial charge is 0.250 e. The van der Waals surface area contributed by atoms with Gasteiger partial charge in [0.05, 0.1) is 15.1 Å². The molecule has 0 saturated carbocycles. The molecule has 1 aromatic heterocycles. The van der Waals surface area contributed by atoms with E-state index in [-0.39, 0.29) is 16.6 Å². The third-order valence-electron chi connectivity index (χ3n) is 4.99. The number of hydrogen-bond acceptors (Lipinski definition) is 6. The molecule has 10 heteroatoms. The number of fused-ring (bicyclic) bond motifs is 1. The predicted octanol–water partition coefficient (Wildman–Crippen LogP) is 3.02. The molecule has 162 valence electrons. The fourth-order valence-corrected chi connectivity index (χ4v) is 5.62. The van der Waals surface area contributed by atoms with E-state index in [1.54, 1.807) is 36.4 Å². The first-order valence-electron chi connectivity index (χ1n) is 9.65. The van der Waals surface area contributed by atoms with Crippen LogP contribution in [0.1, 0.15) is 5.56 Å². The molecule has 2 heterocycles. The van der Waals surface area contributed by atoms with Crippen LogP contribution in [0.3, 0.4) is 0 Å². The van der Waals surface area contributed by atoms with Crippen LogP contribution in [0, 0.1) is 5.82 Å². The molecule has 31 heavy (non-hydrogen) atoms. The van der Waals surface area contributed by atoms with Gasteiger partial charge in [-0.15, -0.1) is 0 Å². The number of amides is 1. The molecule has 7 nitrogen and oxygen atoms in total. The third kappa shape index (κ3) is 4.99. The van der Waals surface area contributed by atoms with E-state index in [9.17, 15) is 17.6 Å². The van der Waals surface area contributed by atoms with Crippen LogP contribution in [0.4, 0.5) is 9.52 Å². The third-order valence-corrected chi connectivity index (χ3v) is 7.82. The maximum atomic E-state index is 13.0. The average molecular weight is 461 g/mol. The molecular formula is C21H21FN4O3S2. The number of piperazine rings is 1. The van der Waals surface area contributed by atoms with E-state index >= 15 is 0 Å². The molecule has 1 amide bonds. The molecule has 1 aliphatic rings. The zero-order valence-electron chi connectivity index (χ0n) is 16.8. The lowest BCUT2D eigenvalue weighted by molar-refractivity contribution is -0.111. The molecule has 3 aromatic rings. The van der Waals surface area contributed by atoms with Gasteiger partial charge in [-0.3, -0.25) is 10.1 Å². The number of nitrogens with one attached hydrogen (secondary N) is 1. The predicted molar refractivity (Wildman–Crippen MR) is 120 cm³/mol. The lowest BCUT2D eigenvalue weighted by atomic mass is 10.2. The molecule has 0 unspecified atom stereocenters. The Kier molecular flexibility index (Phi) is 6.15. The summed E-state index contributed by atoms with van der Waals surface area (Å²) in [5.74, 6) is -0.723. The van der Waals surface area contributed by atoms with Crippen molar-refractivity contribution in [3.05, 3.63) is 59.9 Å². The van der Waals surface area contributed by atoms with Gasteiger partial charge in [0.1, 0.15) is 5.82 Å². The molecule has 0 bridgehead atoms. The molecular weight excluding hydrogens is 439 g/mol. The minimum atomic E-state index is -3.57. The van der Waals surface area contributed by atoms with Crippen molar-refractivity contribution in [2.75, 3.05) is 38.5 Å². The molecule has 0 spiro atoms. The van der Waals surface area contributed by atoms with Gasteiger partial charge in [0.2, 0.25) is 15.9 Å². The van der Waals surface area contributed by atoms with Gasteiger partial charge < -0.3 is 4.90 Å². The Hall–Kier alpha value is -2.66. The number of benzene rings is 2. The summed E-state index contributed by atoms with van der Waals surface area (Å²) >= 11 is 1.21. The minimum absolute atomic E-state index is 0.224. The number of aromatic nitrogens is 1. The van der Waals surface area contributed by atoms with E-state index in [4.69, 9.17) is 0 Å². The van der Waals surface area contributed by atoms with Crippen molar-refractivity contribution in [3.8, 4) is 0 Å². The van der Waals surface area contributed by atoms with Gasteiger partial charge in [-0.05, 0) is 49.0 Å². The van der Waals surface area contributed by atoms with Crippen molar-refractivity contribution in [2.45, 2.75) is 4.90 Å². The maximum absolute atomic E-state index is 13.0. The van der Waals surface area contributed by atoms with E-state index < -0.39 is 10.0 Å². The highest BCUT2D eigenvalue weighted by Crippen LogP contribution is 2.29. The normalized spacial score (nSPS) is 16.2. The molecule has 0 atom stereocenters. The molecule has 1 aliphatic heterocycles. The van der Waals surface area contributed by atoms with Crippen LogP contribution in [0.5, 0.6) is 0 Å². The van der Waals surface area contributed by atoms with E-state index in [0.717, 1.165) is 0 Å². The highest BCUT2D eigenvalue weighted by atomic mass is 32.2. The van der Waals surface area contributed by atoms with Crippen LogP contribution in [-0.2, 0) is 14.8 Å². The number of hydrogen-bond donors (Lipinski definition) is 1. The number of nitrogens with zero attached hydrogens (tertiary/aromatic N) is 3. The summed E-state index contributed by atoms with van der Waals surface area (Å²) in [4.78, 5) is 18.8. The van der Waals surface area contributed by atoms with Gasteiger partial charge in [0.15, 0.2) is 5.13 Å². The first-order valence-corrected chi connectivity index (χ1v) is 11.9. The van der Waals surface area contributed by atoms with E-state index in [0.29, 0.717) is 47.1 Å². The minimum Gasteiger partial charge on any atom is -0.304 e. The fourth-order valence-electron chi connectivity index (χ4n) is 3.19. The number of anilines is 1. The van der Waals surface area contributed by atoms with Crippen molar-refractivity contribution in [3.63, 3.8) is 0 Å². The van der Waals surface area contributed by atoms with Gasteiger partial charge in [0, 0.05) is 32.3 Å². The summed E-state index contributed by atoms with van der Waals surface area (Å²) in [6.07, 6.45) is 2.91. The van der Waals surface area contributed by atoms with Gasteiger partial charge in [-0.2, -0.15) is 4.31 Å². The zero-order valence-corrected chi connectivity index (χ0v) is 18.4. The van der Waals surface area contributed by atoms with Crippen molar-refractivity contribution >= 4 is 48.7 Å². The summed E-state index contributed by atoms with van der Waals surface area (Å²) in [6, 6.07) is 10.6. The van der Waals surface area contributed by atoms with Crippen molar-refractivity contribution < 1.29 is 17.6 Å². The number of carbonyl (C=O) groups is 1. The standard InChI is InChI=1S/C21H21FN4O3S2/c1-25-10-12-26(13-11-25)31(28,29)17-7-8-18-19(14-17)30-21(23-18)24-20(27)9-4-15-2-5-16(22)6-3-15/h2-9,14H,10-13H2,1H3,(H,23,24,27)/b9-4+. The number of halogens is 1. The summed E-state index contributed by atoms with van der Waals surface area (Å²) in [7, 11) is -1.60. The average Bonchev–Trinajstić information content (AvgIpc) is 3.15. The van der Waals surface area contributed by atoms with Gasteiger partial charge in [-0.25, -0.2) is 17.8 Å². The SMILES string of the molecule is CN1CCN(S(=O)(=O)c2ccc3nc(NC(=O)/C=C/c4ccc(F)cc4)sc3c2)CC1. The van der Waals surface area contributed by atoms with Crippen LogP contribution in [0.25, 0.3) is 16.3 Å². The summed E-state index contributed by atoms with van der Waals surface area (Å²) < 4.78 is 41.0. The lowest BCUT2D eigenvalue weighted by Crippen LogP contribution is -2.46. The maximum Gasteiger partial charge on any atom is 0.250 e. The largest absolute Gasteiger partial charge is 0.304 e. The van der Waals surface area contributed by atoms with Crippen molar-refractivity contribution in [2.24, 2.45) is 0 Å². The Morgan fingerprint density at radius 3 is 2.55 bits per heavy atom. The summed E-state index contributed by atoms with van der Waals surface area (Å²) in [5.41, 5.74) is 1.31. The molecule has 1 N–H and O–H groups in total. The zero-order chi connectivity index (χ0) is 22.0. The number of sulfonamides is 1. The quantitative estimate of drug-likeness (QED) is 0.592. The summed E-state index contributed by atoms with van der Waals surface area (Å²) in [6.45, 7) is 2.32. The topological polar surface area (TPSA) is 82.6 Å². The Labute approximate surface area is 183 Å². The molecule has 2 aromatic carbocycles. The van der Waals surface area contributed by atoms with Crippen molar-refractivity contribution in [1.29, 1.82) is 0 Å². The van der Waals surface area contributed by atoms with Crippen LogP contribution in [0.2, 0.25) is 0 Å². The number of rotatable bonds is 5. The molecule has 1 saturated heterocycles. The Balaban J connectivity index is 1.48. The second-order valence-electron chi connectivity index (χ2n) is 7.23. The second kappa shape index (κ2) is 8.83. The number of thiazole rings is 1. The first-order chi connectivity index (χ1) is 14.8. The fraction of sp³-hybridized carbons (Fsp3) is 0.238. The van der Waals surface area contributed by atoms with Crippen LogP contribution < -0.4 is 5.32 Å². The van der Waals surface area contributed by atoms with Crippen LogP contribution in [0.15, 0.2) is 53.4 Å². The second-order valence-corrected chi connectivity index (χ2v) is 10.2. The lowest BCUT2D eigenvalue weighted by Gasteiger charge is -2.31. The monoisotopic (exact) mass is 460 g/mol. The van der Waals surface area contributed by atoms with E-state index in [1.807, 2.05) is 7.05 Å². The van der Waals surface area contributed by atoms with E-state index in [2.05, 4.69) is 15.2 Å². The molecule has 0 aliphatic carbocycles.